The largest absolute Gasteiger partial charge is 0.462 e. The third kappa shape index (κ3) is 4.58. The Labute approximate surface area is 198 Å². The van der Waals surface area contributed by atoms with Gasteiger partial charge in [-0.05, 0) is 85.9 Å². The first kappa shape index (κ1) is 24.3. The van der Waals surface area contributed by atoms with Gasteiger partial charge in [0.15, 0.2) is 0 Å². The predicted molar refractivity (Wildman–Crippen MR) is 133 cm³/mol. The molecule has 4 aliphatic carbocycles. The minimum atomic E-state index is -0.0244. The topological polar surface area (TPSA) is 26.3 Å². The summed E-state index contributed by atoms with van der Waals surface area (Å²) < 4.78 is 5.76. The van der Waals surface area contributed by atoms with Gasteiger partial charge in [0, 0.05) is 12.8 Å². The van der Waals surface area contributed by atoms with Gasteiger partial charge in [-0.1, -0.05) is 77.9 Å². The zero-order chi connectivity index (χ0) is 22.8. The molecule has 0 N–H and O–H groups in total. The van der Waals surface area contributed by atoms with Gasteiger partial charge in [-0.3, -0.25) is 4.79 Å². The van der Waals surface area contributed by atoms with Gasteiger partial charge in [-0.2, -0.15) is 0 Å². The molecule has 0 aromatic rings. The Morgan fingerprint density at radius 3 is 2.53 bits per heavy atom. The average Bonchev–Trinajstić information content (AvgIpc) is 3.12. The SMILES string of the molecule is CCCCCCCC[C@@H]1CC[C@@H]2[C@H]3CC=C4C[C@@H](OC(=O)CC)CC[C@]4(C)[C@@H]3CC[C@]12C. The van der Waals surface area contributed by atoms with E-state index in [1.807, 2.05) is 6.92 Å². The number of hydrogen-bond donors (Lipinski definition) is 0. The van der Waals surface area contributed by atoms with Gasteiger partial charge in [-0.15, -0.1) is 0 Å². The van der Waals surface area contributed by atoms with Crippen molar-refractivity contribution in [3.05, 3.63) is 11.6 Å². The van der Waals surface area contributed by atoms with Crippen LogP contribution in [0.15, 0.2) is 11.6 Å². The van der Waals surface area contributed by atoms with Crippen molar-refractivity contribution >= 4 is 5.97 Å². The molecule has 182 valence electrons. The summed E-state index contributed by atoms with van der Waals surface area (Å²) in [6, 6.07) is 0. The summed E-state index contributed by atoms with van der Waals surface area (Å²) in [6.07, 6.45) is 23.7. The number of allylic oxidation sites excluding steroid dienone is 1. The molecule has 3 saturated carbocycles. The van der Waals surface area contributed by atoms with Gasteiger partial charge in [0.2, 0.25) is 0 Å². The highest BCUT2D eigenvalue weighted by molar-refractivity contribution is 5.69. The van der Waals surface area contributed by atoms with E-state index in [4.69, 9.17) is 4.74 Å². The Morgan fingerprint density at radius 1 is 0.969 bits per heavy atom. The van der Waals surface area contributed by atoms with Crippen LogP contribution in [0.4, 0.5) is 0 Å². The van der Waals surface area contributed by atoms with Gasteiger partial charge in [0.05, 0.1) is 0 Å². The van der Waals surface area contributed by atoms with E-state index in [1.165, 1.54) is 83.5 Å². The maximum absolute atomic E-state index is 11.8. The van der Waals surface area contributed by atoms with E-state index < -0.39 is 0 Å². The second-order valence-electron chi connectivity index (χ2n) is 12.3. The Hall–Kier alpha value is -0.790. The number of carbonyl (C=O) groups is 1. The van der Waals surface area contributed by atoms with Crippen molar-refractivity contribution in [2.24, 2.45) is 34.5 Å². The van der Waals surface area contributed by atoms with E-state index >= 15 is 0 Å². The molecule has 3 fully saturated rings. The zero-order valence-corrected chi connectivity index (χ0v) is 21.6. The minimum absolute atomic E-state index is 0.0244. The molecule has 0 heterocycles. The fourth-order valence-electron chi connectivity index (χ4n) is 8.75. The van der Waals surface area contributed by atoms with Crippen LogP contribution in [-0.4, -0.2) is 12.1 Å². The highest BCUT2D eigenvalue weighted by Crippen LogP contribution is 2.66. The number of ether oxygens (including phenoxy) is 1. The van der Waals surface area contributed by atoms with Crippen LogP contribution in [0.5, 0.6) is 0 Å². The zero-order valence-electron chi connectivity index (χ0n) is 21.6. The summed E-state index contributed by atoms with van der Waals surface area (Å²) in [7, 11) is 0. The maximum atomic E-state index is 11.8. The van der Waals surface area contributed by atoms with Crippen molar-refractivity contribution in [2.45, 2.75) is 137 Å². The van der Waals surface area contributed by atoms with Crippen molar-refractivity contribution in [1.29, 1.82) is 0 Å². The molecule has 4 rings (SSSR count). The van der Waals surface area contributed by atoms with Crippen LogP contribution in [0.1, 0.15) is 130 Å². The first-order valence-electron chi connectivity index (χ1n) is 14.3. The lowest BCUT2D eigenvalue weighted by Crippen LogP contribution is -2.50. The highest BCUT2D eigenvalue weighted by Gasteiger charge is 2.58. The smallest absolute Gasteiger partial charge is 0.305 e. The van der Waals surface area contributed by atoms with Gasteiger partial charge >= 0.3 is 5.97 Å². The standard InChI is InChI=1S/C30H50O2/c1-5-7-8-9-10-11-12-22-14-16-26-25-15-13-23-21-24(32-28(31)6-2)17-19-30(23,4)27(25)18-20-29(22,26)3/h13,22,24-27H,5-12,14-21H2,1-4H3/t22-,24+,25-,26-,27-,29-,30+/m1/s1. The summed E-state index contributed by atoms with van der Waals surface area (Å²) in [5, 5.41) is 0. The Kier molecular flexibility index (Phi) is 7.78. The molecule has 0 radical (unpaired) electrons. The third-order valence-electron chi connectivity index (χ3n) is 10.7. The highest BCUT2D eigenvalue weighted by atomic mass is 16.5. The number of esters is 1. The lowest BCUT2D eigenvalue weighted by molar-refractivity contribution is -0.151. The Morgan fingerprint density at radius 2 is 1.75 bits per heavy atom. The molecule has 0 bridgehead atoms. The maximum Gasteiger partial charge on any atom is 0.305 e. The lowest BCUT2D eigenvalue weighted by atomic mass is 9.47. The molecule has 2 nitrogen and oxygen atoms in total. The van der Waals surface area contributed by atoms with Gasteiger partial charge < -0.3 is 4.74 Å². The van der Waals surface area contributed by atoms with Gasteiger partial charge in [0.25, 0.3) is 0 Å². The number of rotatable bonds is 9. The van der Waals surface area contributed by atoms with Crippen molar-refractivity contribution in [3.8, 4) is 0 Å². The van der Waals surface area contributed by atoms with Crippen LogP contribution in [0.3, 0.4) is 0 Å². The van der Waals surface area contributed by atoms with E-state index in [2.05, 4.69) is 26.8 Å². The summed E-state index contributed by atoms with van der Waals surface area (Å²) in [6.45, 7) is 9.47. The van der Waals surface area contributed by atoms with Crippen LogP contribution in [0.25, 0.3) is 0 Å². The van der Waals surface area contributed by atoms with Gasteiger partial charge in [-0.25, -0.2) is 0 Å². The van der Waals surface area contributed by atoms with Crippen LogP contribution < -0.4 is 0 Å². The summed E-state index contributed by atoms with van der Waals surface area (Å²) in [4.78, 5) is 11.8. The minimum Gasteiger partial charge on any atom is -0.462 e. The van der Waals surface area contributed by atoms with Crippen molar-refractivity contribution < 1.29 is 9.53 Å². The van der Waals surface area contributed by atoms with Crippen molar-refractivity contribution in [3.63, 3.8) is 0 Å². The normalized spacial score (nSPS) is 40.8. The summed E-state index contributed by atoms with van der Waals surface area (Å²) in [5.41, 5.74) is 2.58. The molecule has 0 saturated heterocycles. The second-order valence-corrected chi connectivity index (χ2v) is 12.3. The quantitative estimate of drug-likeness (QED) is 0.203. The molecule has 4 aliphatic rings. The van der Waals surface area contributed by atoms with Crippen molar-refractivity contribution in [1.82, 2.24) is 0 Å². The molecule has 0 spiro atoms. The fourth-order valence-corrected chi connectivity index (χ4v) is 8.75. The molecule has 0 aromatic heterocycles. The number of carbonyl (C=O) groups excluding carboxylic acids is 1. The fraction of sp³-hybridized carbons (Fsp3) is 0.900. The van der Waals surface area contributed by atoms with Crippen LogP contribution in [0.2, 0.25) is 0 Å². The molecule has 0 unspecified atom stereocenters. The summed E-state index contributed by atoms with van der Waals surface area (Å²) >= 11 is 0. The van der Waals surface area contributed by atoms with Crippen molar-refractivity contribution in [2.75, 3.05) is 0 Å². The molecule has 0 amide bonds. The molecule has 0 aromatic carbocycles. The van der Waals surface area contributed by atoms with Gasteiger partial charge in [0.1, 0.15) is 6.10 Å². The first-order valence-corrected chi connectivity index (χ1v) is 14.3. The molecule has 0 aliphatic heterocycles. The van der Waals surface area contributed by atoms with E-state index in [9.17, 15) is 4.79 Å². The van der Waals surface area contributed by atoms with Crippen LogP contribution in [-0.2, 0) is 9.53 Å². The molecule has 32 heavy (non-hydrogen) atoms. The second kappa shape index (κ2) is 10.2. The number of fused-ring (bicyclic) bond motifs is 5. The Bertz CT molecular complexity index is 680. The van der Waals surface area contributed by atoms with E-state index in [0.29, 0.717) is 17.3 Å². The van der Waals surface area contributed by atoms with E-state index in [-0.39, 0.29) is 12.1 Å². The predicted octanol–water partition coefficient (Wildman–Crippen LogP) is 8.64. The molecule has 7 atom stereocenters. The first-order chi connectivity index (χ1) is 15.4. The molecular weight excluding hydrogens is 392 g/mol. The molecule has 2 heteroatoms. The number of hydrogen-bond acceptors (Lipinski definition) is 2. The monoisotopic (exact) mass is 442 g/mol. The van der Waals surface area contributed by atoms with E-state index in [0.717, 1.165) is 36.5 Å². The lowest BCUT2D eigenvalue weighted by Gasteiger charge is -2.58. The average molecular weight is 443 g/mol. The van der Waals surface area contributed by atoms with E-state index in [1.54, 1.807) is 5.57 Å². The van der Waals surface area contributed by atoms with Crippen LogP contribution in [0, 0.1) is 34.5 Å². The Balaban J connectivity index is 1.38. The van der Waals surface area contributed by atoms with Crippen LogP contribution >= 0.6 is 0 Å². The third-order valence-corrected chi connectivity index (χ3v) is 10.7. The number of unbranched alkanes of at least 4 members (excludes halogenated alkanes) is 5. The molecular formula is C30H50O2. The summed E-state index contributed by atoms with van der Waals surface area (Å²) in [5.74, 6) is 3.64.